The number of hydrogen-bond donors (Lipinski definition) is 2. The van der Waals surface area contributed by atoms with E-state index in [0.29, 0.717) is 23.8 Å². The number of nitrogens with one attached hydrogen (secondary N) is 2. The Balaban J connectivity index is 1.62. The maximum atomic E-state index is 12.4. The molecule has 0 radical (unpaired) electrons. The summed E-state index contributed by atoms with van der Waals surface area (Å²) in [6.45, 7) is 0.717. The Morgan fingerprint density at radius 3 is 2.62 bits per heavy atom. The van der Waals surface area contributed by atoms with Gasteiger partial charge < -0.3 is 15.4 Å². The normalized spacial score (nSPS) is 10.2. The fourth-order valence-corrected chi connectivity index (χ4v) is 2.49. The Hall–Kier alpha value is -3.41. The molecule has 6 heteroatoms. The van der Waals surface area contributed by atoms with Crippen molar-refractivity contribution in [1.29, 1.82) is 0 Å². The average Bonchev–Trinajstić information content (AvgIpc) is 2.69. The highest BCUT2D eigenvalue weighted by atomic mass is 16.5. The monoisotopic (exact) mass is 348 g/mol. The zero-order valence-corrected chi connectivity index (χ0v) is 14.5. The predicted molar refractivity (Wildman–Crippen MR) is 102 cm³/mol. The molecule has 2 aromatic carbocycles. The number of nitrogens with zero attached hydrogens (tertiary/aromatic N) is 2. The number of carbonyl (C=O) groups is 1. The Morgan fingerprint density at radius 1 is 1.04 bits per heavy atom. The first-order valence-corrected chi connectivity index (χ1v) is 8.30. The second-order valence-electron chi connectivity index (χ2n) is 5.61. The molecule has 132 valence electrons. The first-order valence-electron chi connectivity index (χ1n) is 8.30. The number of ether oxygens (including phenoxy) is 1. The molecule has 0 aliphatic rings. The van der Waals surface area contributed by atoms with Gasteiger partial charge in [0.25, 0.3) is 5.91 Å². The summed E-state index contributed by atoms with van der Waals surface area (Å²) in [7, 11) is 1.56. The third-order valence-corrected chi connectivity index (χ3v) is 3.82. The molecule has 3 rings (SSSR count). The fraction of sp³-hybridized carbons (Fsp3) is 0.150. The number of benzene rings is 2. The van der Waals surface area contributed by atoms with Crippen LogP contribution < -0.4 is 15.4 Å². The molecular weight excluding hydrogens is 328 g/mol. The Labute approximate surface area is 152 Å². The van der Waals surface area contributed by atoms with Gasteiger partial charge >= 0.3 is 0 Å². The number of rotatable bonds is 7. The lowest BCUT2D eigenvalue weighted by atomic mass is 10.1. The number of aromatic nitrogens is 2. The molecule has 0 unspecified atom stereocenters. The first kappa shape index (κ1) is 17.4. The molecule has 0 atom stereocenters. The summed E-state index contributed by atoms with van der Waals surface area (Å²) < 4.78 is 5.24. The summed E-state index contributed by atoms with van der Waals surface area (Å²) in [4.78, 5) is 20.7. The summed E-state index contributed by atoms with van der Waals surface area (Å²) in [5.74, 6) is 0.889. The Bertz CT molecular complexity index is 868. The van der Waals surface area contributed by atoms with Gasteiger partial charge in [0.15, 0.2) is 0 Å². The van der Waals surface area contributed by atoms with Crippen molar-refractivity contribution in [3.8, 4) is 5.75 Å². The van der Waals surface area contributed by atoms with Gasteiger partial charge in [-0.15, -0.1) is 0 Å². The lowest BCUT2D eigenvalue weighted by Gasteiger charge is -2.10. The van der Waals surface area contributed by atoms with Crippen LogP contribution in [0.25, 0.3) is 0 Å². The van der Waals surface area contributed by atoms with E-state index >= 15 is 0 Å². The number of amides is 1. The van der Waals surface area contributed by atoms with Crippen LogP contribution in [-0.2, 0) is 6.42 Å². The second kappa shape index (κ2) is 8.62. The fourth-order valence-electron chi connectivity index (χ4n) is 2.49. The lowest BCUT2D eigenvalue weighted by molar-refractivity contribution is 0.102. The van der Waals surface area contributed by atoms with E-state index in [1.807, 2.05) is 30.3 Å². The van der Waals surface area contributed by atoms with Crippen LogP contribution in [-0.4, -0.2) is 29.5 Å². The van der Waals surface area contributed by atoms with Crippen LogP contribution in [0.2, 0.25) is 0 Å². The highest BCUT2D eigenvalue weighted by Crippen LogP contribution is 2.23. The molecule has 2 N–H and O–H groups in total. The van der Waals surface area contributed by atoms with Gasteiger partial charge in [0.05, 0.1) is 12.8 Å². The maximum absolute atomic E-state index is 12.4. The summed E-state index contributed by atoms with van der Waals surface area (Å²) in [6.07, 6.45) is 2.25. The molecule has 0 bridgehead atoms. The van der Waals surface area contributed by atoms with Gasteiger partial charge in [0, 0.05) is 12.6 Å². The second-order valence-corrected chi connectivity index (χ2v) is 5.61. The lowest BCUT2D eigenvalue weighted by Crippen LogP contribution is -2.15. The molecule has 0 spiro atoms. The van der Waals surface area contributed by atoms with E-state index in [0.717, 1.165) is 6.42 Å². The van der Waals surface area contributed by atoms with Crippen LogP contribution in [0.5, 0.6) is 5.75 Å². The molecule has 0 aliphatic carbocycles. The van der Waals surface area contributed by atoms with E-state index in [4.69, 9.17) is 4.74 Å². The van der Waals surface area contributed by atoms with Gasteiger partial charge in [-0.25, -0.2) is 9.97 Å². The molecule has 0 saturated carbocycles. The number of anilines is 2. The van der Waals surface area contributed by atoms with Crippen LogP contribution >= 0.6 is 0 Å². The van der Waals surface area contributed by atoms with Crippen LogP contribution in [0, 0.1) is 0 Å². The molecule has 0 saturated heterocycles. The number of para-hydroxylation sites is 2. The summed E-state index contributed by atoms with van der Waals surface area (Å²) in [5, 5.41) is 6.02. The van der Waals surface area contributed by atoms with Crippen LogP contribution in [0.15, 0.2) is 67.0 Å². The maximum Gasteiger partial charge on any atom is 0.274 e. The van der Waals surface area contributed by atoms with Gasteiger partial charge in [-0.1, -0.05) is 42.5 Å². The summed E-state index contributed by atoms with van der Waals surface area (Å²) in [5.41, 5.74) is 2.12. The van der Waals surface area contributed by atoms with Gasteiger partial charge in [-0.05, 0) is 24.1 Å². The smallest absolute Gasteiger partial charge is 0.274 e. The minimum absolute atomic E-state index is 0.285. The highest BCUT2D eigenvalue weighted by Gasteiger charge is 2.11. The molecule has 1 amide bonds. The van der Waals surface area contributed by atoms with E-state index < -0.39 is 0 Å². The van der Waals surface area contributed by atoms with E-state index in [9.17, 15) is 4.79 Å². The van der Waals surface area contributed by atoms with Crippen molar-refractivity contribution < 1.29 is 9.53 Å². The van der Waals surface area contributed by atoms with E-state index in [1.54, 1.807) is 25.3 Å². The molecule has 3 aromatic rings. The molecule has 1 heterocycles. The molecule has 0 aliphatic heterocycles. The Morgan fingerprint density at radius 2 is 1.81 bits per heavy atom. The summed E-state index contributed by atoms with van der Waals surface area (Å²) in [6, 6.07) is 19.0. The minimum atomic E-state index is -0.317. The zero-order chi connectivity index (χ0) is 18.2. The molecule has 26 heavy (non-hydrogen) atoms. The van der Waals surface area contributed by atoms with Crippen molar-refractivity contribution in [3.05, 3.63) is 78.2 Å². The molecule has 1 aromatic heterocycles. The largest absolute Gasteiger partial charge is 0.495 e. The number of hydrogen-bond acceptors (Lipinski definition) is 5. The van der Waals surface area contributed by atoms with Crippen molar-refractivity contribution in [3.63, 3.8) is 0 Å². The predicted octanol–water partition coefficient (Wildman–Crippen LogP) is 3.39. The van der Waals surface area contributed by atoms with Crippen molar-refractivity contribution in [2.45, 2.75) is 6.42 Å². The molecule has 0 fully saturated rings. The standard InChI is InChI=1S/C20H20N4O2/c1-26-18-10-6-5-9-16(18)24-20(25)17-13-19(23-14-22-17)21-12-11-15-7-3-2-4-8-15/h2-10,13-14H,11-12H2,1H3,(H,24,25)(H,21,22,23). The first-order chi connectivity index (χ1) is 12.8. The van der Waals surface area contributed by atoms with Gasteiger partial charge in [0.1, 0.15) is 23.6 Å². The van der Waals surface area contributed by atoms with Crippen LogP contribution in [0.1, 0.15) is 16.1 Å². The molecule has 6 nitrogen and oxygen atoms in total. The quantitative estimate of drug-likeness (QED) is 0.684. The van der Waals surface area contributed by atoms with Crippen LogP contribution in [0.3, 0.4) is 0 Å². The molecular formula is C20H20N4O2. The van der Waals surface area contributed by atoms with Gasteiger partial charge in [0.2, 0.25) is 0 Å². The van der Waals surface area contributed by atoms with Crippen molar-refractivity contribution in [1.82, 2.24) is 9.97 Å². The van der Waals surface area contributed by atoms with Crippen molar-refractivity contribution in [2.75, 3.05) is 24.3 Å². The van der Waals surface area contributed by atoms with E-state index in [-0.39, 0.29) is 11.6 Å². The van der Waals surface area contributed by atoms with E-state index in [2.05, 4.69) is 32.7 Å². The van der Waals surface area contributed by atoms with Crippen LogP contribution in [0.4, 0.5) is 11.5 Å². The van der Waals surface area contributed by atoms with Crippen molar-refractivity contribution >= 4 is 17.4 Å². The number of carbonyl (C=O) groups excluding carboxylic acids is 1. The topological polar surface area (TPSA) is 76.1 Å². The summed E-state index contributed by atoms with van der Waals surface area (Å²) >= 11 is 0. The minimum Gasteiger partial charge on any atom is -0.495 e. The zero-order valence-electron chi connectivity index (χ0n) is 14.5. The van der Waals surface area contributed by atoms with E-state index in [1.165, 1.54) is 11.9 Å². The Kier molecular flexibility index (Phi) is 5.77. The average molecular weight is 348 g/mol. The highest BCUT2D eigenvalue weighted by molar-refractivity contribution is 6.04. The van der Waals surface area contributed by atoms with Gasteiger partial charge in [-0.2, -0.15) is 0 Å². The number of methoxy groups -OCH3 is 1. The SMILES string of the molecule is COc1ccccc1NC(=O)c1cc(NCCc2ccccc2)ncn1. The van der Waals surface area contributed by atoms with Crippen molar-refractivity contribution in [2.24, 2.45) is 0 Å². The third kappa shape index (κ3) is 4.57. The van der Waals surface area contributed by atoms with Gasteiger partial charge in [-0.3, -0.25) is 4.79 Å². The third-order valence-electron chi connectivity index (χ3n) is 3.82.